The SMILES string of the molecule is CC(C)C(CS)CN1CCc2ccccc2C1. The zero-order chi connectivity index (χ0) is 12.3. The van der Waals surface area contributed by atoms with Crippen molar-refractivity contribution >= 4 is 12.6 Å². The number of hydrogen-bond acceptors (Lipinski definition) is 2. The summed E-state index contributed by atoms with van der Waals surface area (Å²) >= 11 is 4.48. The lowest BCUT2D eigenvalue weighted by Crippen LogP contribution is -2.36. The number of benzene rings is 1. The number of thiol groups is 1. The van der Waals surface area contributed by atoms with Gasteiger partial charge in [0.1, 0.15) is 0 Å². The van der Waals surface area contributed by atoms with Crippen LogP contribution in [0.25, 0.3) is 0 Å². The van der Waals surface area contributed by atoms with Gasteiger partial charge in [0.2, 0.25) is 0 Å². The van der Waals surface area contributed by atoms with Crippen molar-refractivity contribution in [3.63, 3.8) is 0 Å². The summed E-state index contributed by atoms with van der Waals surface area (Å²) in [5.74, 6) is 2.43. The molecule has 0 saturated heterocycles. The van der Waals surface area contributed by atoms with Crippen LogP contribution < -0.4 is 0 Å². The Morgan fingerprint density at radius 3 is 2.59 bits per heavy atom. The summed E-state index contributed by atoms with van der Waals surface area (Å²) in [7, 11) is 0. The summed E-state index contributed by atoms with van der Waals surface area (Å²) in [4.78, 5) is 2.59. The Labute approximate surface area is 111 Å². The van der Waals surface area contributed by atoms with Gasteiger partial charge in [-0.15, -0.1) is 0 Å². The summed E-state index contributed by atoms with van der Waals surface area (Å²) in [6.07, 6.45) is 1.20. The number of hydrogen-bond donors (Lipinski definition) is 1. The van der Waals surface area contributed by atoms with E-state index < -0.39 is 0 Å². The first kappa shape index (κ1) is 13.0. The van der Waals surface area contributed by atoms with Crippen LogP contribution in [-0.2, 0) is 13.0 Å². The van der Waals surface area contributed by atoms with Crippen molar-refractivity contribution in [2.45, 2.75) is 26.8 Å². The second-order valence-corrected chi connectivity index (χ2v) is 5.81. The molecule has 2 heteroatoms. The van der Waals surface area contributed by atoms with Crippen molar-refractivity contribution in [2.24, 2.45) is 11.8 Å². The van der Waals surface area contributed by atoms with Crippen LogP contribution in [0.4, 0.5) is 0 Å². The van der Waals surface area contributed by atoms with Gasteiger partial charge in [0.05, 0.1) is 0 Å². The Hall–Kier alpha value is -0.470. The Bertz CT molecular complexity index is 362. The third-order valence-electron chi connectivity index (χ3n) is 3.88. The number of fused-ring (bicyclic) bond motifs is 1. The topological polar surface area (TPSA) is 3.24 Å². The highest BCUT2D eigenvalue weighted by Gasteiger charge is 2.20. The fourth-order valence-corrected chi connectivity index (χ4v) is 3.06. The summed E-state index contributed by atoms with van der Waals surface area (Å²) < 4.78 is 0. The Balaban J connectivity index is 1.98. The van der Waals surface area contributed by atoms with Crippen molar-refractivity contribution in [3.05, 3.63) is 35.4 Å². The molecule has 0 fully saturated rings. The maximum Gasteiger partial charge on any atom is 0.0236 e. The quantitative estimate of drug-likeness (QED) is 0.802. The van der Waals surface area contributed by atoms with E-state index in [9.17, 15) is 0 Å². The molecule has 0 spiro atoms. The molecule has 1 unspecified atom stereocenters. The van der Waals surface area contributed by atoms with Gasteiger partial charge < -0.3 is 0 Å². The molecule has 0 aromatic heterocycles. The van der Waals surface area contributed by atoms with Gasteiger partial charge in [-0.1, -0.05) is 38.1 Å². The fraction of sp³-hybridized carbons (Fsp3) is 0.600. The van der Waals surface area contributed by atoms with E-state index in [0.29, 0.717) is 5.92 Å². The Kier molecular flexibility index (Phi) is 4.52. The van der Waals surface area contributed by atoms with Crippen LogP contribution in [0.3, 0.4) is 0 Å². The molecular formula is C15H23NS. The van der Waals surface area contributed by atoms with Crippen LogP contribution in [0.5, 0.6) is 0 Å². The molecule has 0 N–H and O–H groups in total. The fourth-order valence-electron chi connectivity index (χ4n) is 2.52. The third kappa shape index (κ3) is 3.26. The molecule has 2 rings (SSSR count). The first-order chi connectivity index (χ1) is 8.20. The molecule has 1 heterocycles. The van der Waals surface area contributed by atoms with E-state index in [4.69, 9.17) is 0 Å². The number of nitrogens with zero attached hydrogens (tertiary/aromatic N) is 1. The zero-order valence-electron chi connectivity index (χ0n) is 10.9. The minimum atomic E-state index is 0.712. The average molecular weight is 249 g/mol. The normalized spacial score (nSPS) is 18.1. The summed E-state index contributed by atoms with van der Waals surface area (Å²) in [5, 5.41) is 0. The summed E-state index contributed by atoms with van der Waals surface area (Å²) in [5.41, 5.74) is 3.05. The predicted molar refractivity (Wildman–Crippen MR) is 77.6 cm³/mol. The summed E-state index contributed by atoms with van der Waals surface area (Å²) in [6, 6.07) is 8.85. The van der Waals surface area contributed by atoms with Crippen LogP contribution in [0, 0.1) is 11.8 Å². The van der Waals surface area contributed by atoms with Gasteiger partial charge in [-0.3, -0.25) is 4.90 Å². The van der Waals surface area contributed by atoms with Gasteiger partial charge in [0.15, 0.2) is 0 Å². The smallest absolute Gasteiger partial charge is 0.0236 e. The lowest BCUT2D eigenvalue weighted by Gasteiger charge is -2.32. The summed E-state index contributed by atoms with van der Waals surface area (Å²) in [6.45, 7) is 8.12. The minimum absolute atomic E-state index is 0.712. The van der Waals surface area contributed by atoms with Crippen LogP contribution in [-0.4, -0.2) is 23.7 Å². The van der Waals surface area contributed by atoms with Crippen molar-refractivity contribution in [1.29, 1.82) is 0 Å². The minimum Gasteiger partial charge on any atom is -0.298 e. The van der Waals surface area contributed by atoms with Gasteiger partial charge in [0, 0.05) is 19.6 Å². The van der Waals surface area contributed by atoms with E-state index in [1.807, 2.05) is 0 Å². The molecule has 1 aromatic carbocycles. The second kappa shape index (κ2) is 5.92. The molecule has 0 radical (unpaired) electrons. The Morgan fingerprint density at radius 2 is 1.94 bits per heavy atom. The maximum absolute atomic E-state index is 4.48. The highest BCUT2D eigenvalue weighted by molar-refractivity contribution is 7.80. The molecule has 94 valence electrons. The Morgan fingerprint density at radius 1 is 1.24 bits per heavy atom. The lowest BCUT2D eigenvalue weighted by molar-refractivity contribution is 0.199. The van der Waals surface area contributed by atoms with E-state index >= 15 is 0 Å². The van der Waals surface area contributed by atoms with Gasteiger partial charge in [0.25, 0.3) is 0 Å². The largest absolute Gasteiger partial charge is 0.298 e. The van der Waals surface area contributed by atoms with E-state index in [2.05, 4.69) is 55.6 Å². The van der Waals surface area contributed by atoms with Gasteiger partial charge >= 0.3 is 0 Å². The molecule has 17 heavy (non-hydrogen) atoms. The lowest BCUT2D eigenvalue weighted by atomic mass is 9.94. The van der Waals surface area contributed by atoms with E-state index in [0.717, 1.165) is 18.2 Å². The molecule has 1 nitrogen and oxygen atoms in total. The van der Waals surface area contributed by atoms with Crippen LogP contribution in [0.2, 0.25) is 0 Å². The first-order valence-corrected chi connectivity index (χ1v) is 7.24. The average Bonchev–Trinajstić information content (AvgIpc) is 2.35. The molecule has 1 atom stereocenters. The van der Waals surface area contributed by atoms with Crippen molar-refractivity contribution in [1.82, 2.24) is 4.90 Å². The highest BCUT2D eigenvalue weighted by Crippen LogP contribution is 2.21. The molecule has 1 aliphatic rings. The predicted octanol–water partition coefficient (Wildman–Crippen LogP) is 3.25. The molecular weight excluding hydrogens is 226 g/mol. The molecule has 0 aliphatic carbocycles. The van der Waals surface area contributed by atoms with Crippen LogP contribution in [0.15, 0.2) is 24.3 Å². The third-order valence-corrected chi connectivity index (χ3v) is 4.35. The van der Waals surface area contributed by atoms with Crippen molar-refractivity contribution in [2.75, 3.05) is 18.8 Å². The highest BCUT2D eigenvalue weighted by atomic mass is 32.1. The standard InChI is InChI=1S/C15H23NS/c1-12(2)15(11-17)10-16-8-7-13-5-3-4-6-14(13)9-16/h3-6,12,15,17H,7-11H2,1-2H3. The van der Waals surface area contributed by atoms with Crippen LogP contribution >= 0.6 is 12.6 Å². The van der Waals surface area contributed by atoms with Gasteiger partial charge in [-0.2, -0.15) is 12.6 Å². The van der Waals surface area contributed by atoms with Crippen molar-refractivity contribution in [3.8, 4) is 0 Å². The monoisotopic (exact) mass is 249 g/mol. The number of rotatable bonds is 4. The molecule has 1 aliphatic heterocycles. The second-order valence-electron chi connectivity index (χ2n) is 5.44. The zero-order valence-corrected chi connectivity index (χ0v) is 11.8. The molecule has 0 bridgehead atoms. The molecule has 0 amide bonds. The van der Waals surface area contributed by atoms with Gasteiger partial charge in [-0.25, -0.2) is 0 Å². The van der Waals surface area contributed by atoms with Crippen LogP contribution in [0.1, 0.15) is 25.0 Å². The van der Waals surface area contributed by atoms with E-state index in [-0.39, 0.29) is 0 Å². The first-order valence-electron chi connectivity index (χ1n) is 6.60. The van der Waals surface area contributed by atoms with E-state index in [1.54, 1.807) is 0 Å². The molecule has 0 saturated carbocycles. The maximum atomic E-state index is 4.48. The van der Waals surface area contributed by atoms with E-state index in [1.165, 1.54) is 30.6 Å². The molecule has 1 aromatic rings. The van der Waals surface area contributed by atoms with Gasteiger partial charge in [-0.05, 0) is 35.1 Å². The van der Waals surface area contributed by atoms with Crippen molar-refractivity contribution < 1.29 is 0 Å².